The molecule has 0 radical (unpaired) electrons. The van der Waals surface area contributed by atoms with E-state index in [1.165, 1.54) is 12.8 Å². The Kier molecular flexibility index (Phi) is 13.7. The Morgan fingerprint density at radius 1 is 0.737 bits per heavy atom. The van der Waals surface area contributed by atoms with Gasteiger partial charge in [-0.15, -0.1) is 5.06 Å². The molecule has 38 heavy (non-hydrogen) atoms. The first-order valence-corrected chi connectivity index (χ1v) is 13.4. The second-order valence-corrected chi connectivity index (χ2v) is 9.45. The number of imide groups is 1. The maximum atomic E-state index is 11.9. The third kappa shape index (κ3) is 11.2. The zero-order valence-electron chi connectivity index (χ0n) is 21.9. The van der Waals surface area contributed by atoms with Crippen molar-refractivity contribution in [2.75, 3.05) is 72.6 Å². The monoisotopic (exact) mass is 540 g/mol. The number of allylic oxidation sites excluding steroid dienone is 2. The minimum atomic E-state index is -0.696. The maximum Gasteiger partial charge on any atom is 0.335 e. The Bertz CT molecular complexity index is 789. The van der Waals surface area contributed by atoms with Crippen LogP contribution in [0, 0.1) is 17.8 Å². The molecule has 1 saturated carbocycles. The lowest BCUT2D eigenvalue weighted by atomic mass is 9.93. The van der Waals surface area contributed by atoms with Crippen molar-refractivity contribution in [2.45, 2.75) is 38.5 Å². The van der Waals surface area contributed by atoms with E-state index in [0.717, 1.165) is 12.5 Å². The smallest absolute Gasteiger partial charge is 0.335 e. The molecule has 0 aromatic heterocycles. The van der Waals surface area contributed by atoms with Crippen LogP contribution in [0.1, 0.15) is 38.5 Å². The van der Waals surface area contributed by atoms with Gasteiger partial charge in [-0.25, -0.2) is 4.79 Å². The highest BCUT2D eigenvalue weighted by Crippen LogP contribution is 2.42. The zero-order chi connectivity index (χ0) is 27.0. The summed E-state index contributed by atoms with van der Waals surface area (Å²) >= 11 is 0. The lowest BCUT2D eigenvalue weighted by Gasteiger charge is -2.18. The fraction of sp³-hybridized carbons (Fsp3) is 0.769. The predicted octanol–water partition coefficient (Wildman–Crippen LogP) is 0.785. The molecule has 0 aromatic carbocycles. The maximum absolute atomic E-state index is 11.9. The number of carbonyl (C=O) groups is 4. The van der Waals surface area contributed by atoms with E-state index in [0.29, 0.717) is 82.8 Å². The molecule has 3 amide bonds. The number of nitrogens with zero attached hydrogens (tertiary/aromatic N) is 1. The summed E-state index contributed by atoms with van der Waals surface area (Å²) in [6.45, 7) is 4.43. The average molecular weight is 541 g/mol. The van der Waals surface area contributed by atoms with E-state index >= 15 is 0 Å². The van der Waals surface area contributed by atoms with Crippen molar-refractivity contribution in [2.24, 2.45) is 17.8 Å². The largest absolute Gasteiger partial charge is 0.379 e. The van der Waals surface area contributed by atoms with Crippen LogP contribution in [0.15, 0.2) is 12.2 Å². The van der Waals surface area contributed by atoms with Gasteiger partial charge in [0, 0.05) is 25.8 Å². The Hall–Kier alpha value is -2.38. The highest BCUT2D eigenvalue weighted by molar-refractivity contribution is 6.01. The fourth-order valence-electron chi connectivity index (χ4n) is 4.57. The number of hydrogen-bond acceptors (Lipinski definition) is 10. The van der Waals surface area contributed by atoms with E-state index < -0.39 is 17.8 Å². The van der Waals surface area contributed by atoms with Crippen molar-refractivity contribution in [1.82, 2.24) is 10.4 Å². The van der Waals surface area contributed by atoms with Gasteiger partial charge >= 0.3 is 5.97 Å². The number of carbonyl (C=O) groups excluding carboxylic acids is 4. The second-order valence-electron chi connectivity index (χ2n) is 9.45. The molecule has 1 aliphatic heterocycles. The number of nitrogens with one attached hydrogen (secondary N) is 1. The zero-order valence-corrected chi connectivity index (χ0v) is 21.9. The molecule has 1 saturated heterocycles. The Morgan fingerprint density at radius 3 is 1.76 bits per heavy atom. The lowest BCUT2D eigenvalue weighted by molar-refractivity contribution is -0.198. The fourth-order valence-corrected chi connectivity index (χ4v) is 4.57. The molecule has 12 heteroatoms. The summed E-state index contributed by atoms with van der Waals surface area (Å²) in [5.74, 6) is 0.281. The molecule has 214 valence electrons. The summed E-state index contributed by atoms with van der Waals surface area (Å²) in [6.07, 6.45) is 7.46. The first-order valence-electron chi connectivity index (χ1n) is 13.4. The molecular formula is C26H40N2O10. The van der Waals surface area contributed by atoms with Crippen LogP contribution in [0.4, 0.5) is 0 Å². The molecule has 1 heterocycles. The van der Waals surface area contributed by atoms with Crippen molar-refractivity contribution in [3.05, 3.63) is 12.2 Å². The van der Waals surface area contributed by atoms with Crippen LogP contribution in [-0.2, 0) is 47.7 Å². The van der Waals surface area contributed by atoms with E-state index in [1.807, 2.05) is 0 Å². The second kappa shape index (κ2) is 17.3. The van der Waals surface area contributed by atoms with Gasteiger partial charge in [0.05, 0.1) is 72.5 Å². The number of hydrogen-bond donors (Lipinski definition) is 1. The minimum absolute atomic E-state index is 0.0370. The van der Waals surface area contributed by atoms with Crippen LogP contribution < -0.4 is 5.32 Å². The molecule has 2 aliphatic carbocycles. The summed E-state index contributed by atoms with van der Waals surface area (Å²) in [5.41, 5.74) is 0. The number of ether oxygens (including phenoxy) is 5. The predicted molar refractivity (Wildman–Crippen MR) is 132 cm³/mol. The molecule has 0 aromatic rings. The molecular weight excluding hydrogens is 500 g/mol. The van der Waals surface area contributed by atoms with Crippen LogP contribution in [0.2, 0.25) is 0 Å². The molecule has 0 spiro atoms. The highest BCUT2D eigenvalue weighted by Gasteiger charge is 2.35. The molecule has 3 unspecified atom stereocenters. The summed E-state index contributed by atoms with van der Waals surface area (Å²) in [4.78, 5) is 51.0. The van der Waals surface area contributed by atoms with E-state index in [2.05, 4.69) is 17.5 Å². The molecule has 3 aliphatic rings. The van der Waals surface area contributed by atoms with Gasteiger partial charge in [-0.3, -0.25) is 14.4 Å². The summed E-state index contributed by atoms with van der Waals surface area (Å²) < 4.78 is 26.9. The molecule has 3 atom stereocenters. The third-order valence-corrected chi connectivity index (χ3v) is 6.59. The van der Waals surface area contributed by atoms with Crippen LogP contribution in [0.5, 0.6) is 0 Å². The van der Waals surface area contributed by atoms with Crippen molar-refractivity contribution >= 4 is 23.7 Å². The lowest BCUT2D eigenvalue weighted by Crippen LogP contribution is -2.32. The average Bonchev–Trinajstić information content (AvgIpc) is 3.62. The SMILES string of the molecule is O=C(CCOCCOCCOCCOCCOCCC(=O)ON1C(=O)CCC1=O)NCC1CC2C=CC1C2. The quantitative estimate of drug-likeness (QED) is 0.126. The number of amides is 3. The summed E-state index contributed by atoms with van der Waals surface area (Å²) in [7, 11) is 0. The van der Waals surface area contributed by atoms with E-state index in [9.17, 15) is 19.2 Å². The van der Waals surface area contributed by atoms with Gasteiger partial charge in [-0.1, -0.05) is 12.2 Å². The molecule has 2 fully saturated rings. The molecule has 1 N–H and O–H groups in total. The van der Waals surface area contributed by atoms with Crippen molar-refractivity contribution in [1.29, 1.82) is 0 Å². The van der Waals surface area contributed by atoms with Gasteiger partial charge in [-0.05, 0) is 30.6 Å². The number of rotatable bonds is 21. The Balaban J connectivity index is 0.987. The third-order valence-electron chi connectivity index (χ3n) is 6.59. The van der Waals surface area contributed by atoms with Gasteiger partial charge < -0.3 is 33.8 Å². The van der Waals surface area contributed by atoms with Crippen molar-refractivity contribution in [3.63, 3.8) is 0 Å². The summed E-state index contributed by atoms with van der Waals surface area (Å²) in [6, 6.07) is 0. The first kappa shape index (κ1) is 30.2. The van der Waals surface area contributed by atoms with Crippen LogP contribution in [-0.4, -0.2) is 101 Å². The van der Waals surface area contributed by atoms with Crippen LogP contribution in [0.25, 0.3) is 0 Å². The summed E-state index contributed by atoms with van der Waals surface area (Å²) in [5, 5.41) is 3.54. The van der Waals surface area contributed by atoms with Crippen molar-refractivity contribution in [3.8, 4) is 0 Å². The number of fused-ring (bicyclic) bond motifs is 2. The standard InChI is InChI=1S/C26H40N2O10/c29-23(27-19-22-18-20-1-2-21(22)17-20)5-7-33-9-11-35-13-15-37-16-14-36-12-10-34-8-6-26(32)38-28-24(30)3-4-25(28)31/h1-2,20-22H,3-19H2,(H,27,29). The van der Waals surface area contributed by atoms with E-state index in [4.69, 9.17) is 28.5 Å². The van der Waals surface area contributed by atoms with Crippen molar-refractivity contribution < 1.29 is 47.7 Å². The van der Waals surface area contributed by atoms with E-state index in [1.54, 1.807) is 0 Å². The molecule has 2 bridgehead atoms. The van der Waals surface area contributed by atoms with Crippen LogP contribution in [0.3, 0.4) is 0 Å². The van der Waals surface area contributed by atoms with Gasteiger partial charge in [-0.2, -0.15) is 0 Å². The normalized spacial score (nSPS) is 22.0. The van der Waals surface area contributed by atoms with Gasteiger partial charge in [0.25, 0.3) is 11.8 Å². The first-order chi connectivity index (χ1) is 18.5. The Labute approximate surface area is 223 Å². The molecule has 12 nitrogen and oxygen atoms in total. The van der Waals surface area contributed by atoms with Crippen LogP contribution >= 0.6 is 0 Å². The highest BCUT2D eigenvalue weighted by atomic mass is 16.7. The van der Waals surface area contributed by atoms with Gasteiger partial charge in [0.1, 0.15) is 0 Å². The minimum Gasteiger partial charge on any atom is -0.379 e. The van der Waals surface area contributed by atoms with Gasteiger partial charge in [0.2, 0.25) is 5.91 Å². The number of hydroxylamine groups is 2. The van der Waals surface area contributed by atoms with E-state index in [-0.39, 0.29) is 31.8 Å². The topological polar surface area (TPSA) is 139 Å². The molecule has 3 rings (SSSR count). The van der Waals surface area contributed by atoms with Gasteiger partial charge in [0.15, 0.2) is 0 Å². The Morgan fingerprint density at radius 2 is 1.26 bits per heavy atom.